The Morgan fingerprint density at radius 3 is 2.65 bits per heavy atom. The molecule has 1 aliphatic carbocycles. The Balaban J connectivity index is 1.90. The molecule has 1 heterocycles. The molecule has 1 aromatic rings. The van der Waals surface area contributed by atoms with Crippen LogP contribution in [0.5, 0.6) is 0 Å². The van der Waals surface area contributed by atoms with Gasteiger partial charge in [-0.05, 0) is 43.2 Å². The first-order valence-electron chi connectivity index (χ1n) is 9.12. The molecule has 2 rings (SSSR count). The highest BCUT2D eigenvalue weighted by Gasteiger charge is 2.27. The standard InChI is InChI=1S/C19H27NO5S/c1-4-12(2)17(19(23)24-3)20-16(21)11-25-18(22)15-10-13-8-6-5-7-9-14(13)26-15/h10,12,17H,4-9,11H2,1-3H3,(H,20,21)/t12-,17-/m1/s1. The summed E-state index contributed by atoms with van der Waals surface area (Å²) >= 11 is 1.46. The first-order chi connectivity index (χ1) is 12.5. The lowest BCUT2D eigenvalue weighted by molar-refractivity contribution is -0.147. The Morgan fingerprint density at radius 2 is 1.96 bits per heavy atom. The molecule has 7 heteroatoms. The molecule has 6 nitrogen and oxygen atoms in total. The molecule has 0 saturated carbocycles. The lowest BCUT2D eigenvalue weighted by atomic mass is 9.99. The molecule has 1 N–H and O–H groups in total. The van der Waals surface area contributed by atoms with E-state index in [1.807, 2.05) is 19.9 Å². The van der Waals surface area contributed by atoms with Crippen LogP contribution in [0.3, 0.4) is 0 Å². The highest BCUT2D eigenvalue weighted by molar-refractivity contribution is 7.14. The average molecular weight is 381 g/mol. The molecule has 1 aliphatic rings. The second-order valence-corrected chi connectivity index (χ2v) is 7.79. The summed E-state index contributed by atoms with van der Waals surface area (Å²) in [5.41, 5.74) is 1.23. The van der Waals surface area contributed by atoms with Crippen LogP contribution in [-0.2, 0) is 31.9 Å². The number of methoxy groups -OCH3 is 1. The van der Waals surface area contributed by atoms with Gasteiger partial charge in [0.1, 0.15) is 10.9 Å². The van der Waals surface area contributed by atoms with E-state index in [0.717, 1.165) is 25.7 Å². The topological polar surface area (TPSA) is 81.7 Å². The van der Waals surface area contributed by atoms with Gasteiger partial charge in [0, 0.05) is 4.88 Å². The van der Waals surface area contributed by atoms with Crippen molar-refractivity contribution in [2.45, 2.75) is 58.4 Å². The number of carbonyl (C=O) groups excluding carboxylic acids is 3. The Kier molecular flexibility index (Phi) is 7.63. The largest absolute Gasteiger partial charge is 0.467 e. The molecular formula is C19H27NO5S. The molecule has 0 saturated heterocycles. The van der Waals surface area contributed by atoms with Gasteiger partial charge in [-0.3, -0.25) is 4.79 Å². The number of rotatable bonds is 7. The van der Waals surface area contributed by atoms with Gasteiger partial charge in [0.05, 0.1) is 7.11 Å². The monoisotopic (exact) mass is 381 g/mol. The van der Waals surface area contributed by atoms with Crippen LogP contribution >= 0.6 is 11.3 Å². The predicted octanol–water partition coefficient (Wildman–Crippen LogP) is 2.88. The van der Waals surface area contributed by atoms with Gasteiger partial charge in [-0.2, -0.15) is 0 Å². The van der Waals surface area contributed by atoms with E-state index in [-0.39, 0.29) is 5.92 Å². The summed E-state index contributed by atoms with van der Waals surface area (Å²) in [6.45, 7) is 3.37. The van der Waals surface area contributed by atoms with E-state index in [1.54, 1.807) is 0 Å². The highest BCUT2D eigenvalue weighted by Crippen LogP contribution is 2.29. The molecule has 26 heavy (non-hydrogen) atoms. The normalized spacial score (nSPS) is 16.0. The summed E-state index contributed by atoms with van der Waals surface area (Å²) in [4.78, 5) is 37.9. The molecule has 144 valence electrons. The first-order valence-corrected chi connectivity index (χ1v) is 9.93. The summed E-state index contributed by atoms with van der Waals surface area (Å²) in [5, 5.41) is 2.60. The number of hydrogen-bond donors (Lipinski definition) is 1. The number of nitrogens with one attached hydrogen (secondary N) is 1. The van der Waals surface area contributed by atoms with Gasteiger partial charge in [-0.15, -0.1) is 11.3 Å². The number of carbonyl (C=O) groups is 3. The third-order valence-electron chi connectivity index (χ3n) is 4.77. The molecular weight excluding hydrogens is 354 g/mol. The zero-order chi connectivity index (χ0) is 19.1. The molecule has 0 aromatic carbocycles. The van der Waals surface area contributed by atoms with Crippen LogP contribution in [0, 0.1) is 5.92 Å². The zero-order valence-corrected chi connectivity index (χ0v) is 16.4. The number of thiophene rings is 1. The summed E-state index contributed by atoms with van der Waals surface area (Å²) in [5.74, 6) is -1.57. The van der Waals surface area contributed by atoms with E-state index in [4.69, 9.17) is 9.47 Å². The van der Waals surface area contributed by atoms with Crippen molar-refractivity contribution >= 4 is 29.2 Å². The maximum absolute atomic E-state index is 12.2. The lowest BCUT2D eigenvalue weighted by Gasteiger charge is -2.21. The van der Waals surface area contributed by atoms with E-state index in [9.17, 15) is 14.4 Å². The van der Waals surface area contributed by atoms with E-state index in [1.165, 1.54) is 35.3 Å². The van der Waals surface area contributed by atoms with Gasteiger partial charge < -0.3 is 14.8 Å². The van der Waals surface area contributed by atoms with Crippen LogP contribution < -0.4 is 5.32 Å². The number of hydrogen-bond acceptors (Lipinski definition) is 6. The first kappa shape index (κ1) is 20.4. The summed E-state index contributed by atoms with van der Waals surface area (Å²) < 4.78 is 9.86. The number of ether oxygens (including phenoxy) is 2. The maximum atomic E-state index is 12.2. The fraction of sp³-hybridized carbons (Fsp3) is 0.632. The maximum Gasteiger partial charge on any atom is 0.348 e. The van der Waals surface area contributed by atoms with Crippen molar-refractivity contribution in [1.29, 1.82) is 0 Å². The zero-order valence-electron chi connectivity index (χ0n) is 15.6. The van der Waals surface area contributed by atoms with Gasteiger partial charge in [-0.1, -0.05) is 26.7 Å². The number of esters is 2. The highest BCUT2D eigenvalue weighted by atomic mass is 32.1. The Morgan fingerprint density at radius 1 is 1.23 bits per heavy atom. The van der Waals surface area contributed by atoms with E-state index < -0.39 is 30.5 Å². The van der Waals surface area contributed by atoms with Crippen molar-refractivity contribution in [2.75, 3.05) is 13.7 Å². The predicted molar refractivity (Wildman–Crippen MR) is 99.3 cm³/mol. The Bertz CT molecular complexity index is 631. The Hall–Kier alpha value is -1.89. The summed E-state index contributed by atoms with van der Waals surface area (Å²) in [6, 6.07) is 1.15. The summed E-state index contributed by atoms with van der Waals surface area (Å²) in [6.07, 6.45) is 6.22. The van der Waals surface area contributed by atoms with Crippen LogP contribution in [0.15, 0.2) is 6.07 Å². The lowest BCUT2D eigenvalue weighted by Crippen LogP contribution is -2.47. The van der Waals surface area contributed by atoms with Gasteiger partial charge in [0.25, 0.3) is 5.91 Å². The molecule has 1 aromatic heterocycles. The van der Waals surface area contributed by atoms with Crippen LogP contribution in [0.25, 0.3) is 0 Å². The molecule has 0 aliphatic heterocycles. The molecule has 0 fully saturated rings. The third-order valence-corrected chi connectivity index (χ3v) is 5.98. The smallest absolute Gasteiger partial charge is 0.348 e. The van der Waals surface area contributed by atoms with Crippen molar-refractivity contribution in [3.8, 4) is 0 Å². The minimum atomic E-state index is -0.742. The minimum Gasteiger partial charge on any atom is -0.467 e. The van der Waals surface area contributed by atoms with E-state index >= 15 is 0 Å². The molecule has 0 unspecified atom stereocenters. The molecule has 0 radical (unpaired) electrons. The SMILES string of the molecule is CC[C@@H](C)[C@@H](NC(=O)COC(=O)c1cc2c(s1)CCCCC2)C(=O)OC. The van der Waals surface area contributed by atoms with Crippen LogP contribution in [-0.4, -0.2) is 37.6 Å². The van der Waals surface area contributed by atoms with Crippen molar-refractivity contribution in [3.63, 3.8) is 0 Å². The van der Waals surface area contributed by atoms with Crippen molar-refractivity contribution in [3.05, 3.63) is 21.4 Å². The van der Waals surface area contributed by atoms with Crippen molar-refractivity contribution in [1.82, 2.24) is 5.32 Å². The fourth-order valence-corrected chi connectivity index (χ4v) is 4.13. The fourth-order valence-electron chi connectivity index (χ4n) is 2.98. The van der Waals surface area contributed by atoms with Crippen molar-refractivity contribution in [2.24, 2.45) is 5.92 Å². The van der Waals surface area contributed by atoms with Gasteiger partial charge in [-0.25, -0.2) is 9.59 Å². The number of amides is 1. The number of aryl methyl sites for hydroxylation is 2. The molecule has 0 bridgehead atoms. The van der Waals surface area contributed by atoms with Crippen molar-refractivity contribution < 1.29 is 23.9 Å². The Labute approximate surface area is 158 Å². The average Bonchev–Trinajstić information content (AvgIpc) is 2.93. The van der Waals surface area contributed by atoms with E-state index in [0.29, 0.717) is 11.3 Å². The van der Waals surface area contributed by atoms with Gasteiger partial charge in [0.15, 0.2) is 6.61 Å². The third kappa shape index (κ3) is 5.30. The van der Waals surface area contributed by atoms with Crippen LogP contribution in [0.2, 0.25) is 0 Å². The second kappa shape index (κ2) is 9.71. The minimum absolute atomic E-state index is 0.0740. The van der Waals surface area contributed by atoms with Crippen LogP contribution in [0.4, 0.5) is 0 Å². The van der Waals surface area contributed by atoms with Gasteiger partial charge in [0.2, 0.25) is 0 Å². The second-order valence-electron chi connectivity index (χ2n) is 6.65. The molecule has 1 amide bonds. The summed E-state index contributed by atoms with van der Waals surface area (Å²) in [7, 11) is 1.28. The quantitative estimate of drug-likeness (QED) is 0.580. The van der Waals surface area contributed by atoms with Crippen LogP contribution in [0.1, 0.15) is 59.6 Å². The van der Waals surface area contributed by atoms with E-state index in [2.05, 4.69) is 5.32 Å². The number of fused-ring (bicyclic) bond motifs is 1. The van der Waals surface area contributed by atoms with Gasteiger partial charge >= 0.3 is 11.9 Å². The molecule has 0 spiro atoms. The molecule has 2 atom stereocenters.